The molecular formula is C18H28ClN3O2. The first-order chi connectivity index (χ1) is 11.5. The average molecular weight is 354 g/mol. The highest BCUT2D eigenvalue weighted by Crippen LogP contribution is 2.15. The van der Waals surface area contributed by atoms with Gasteiger partial charge in [0.25, 0.3) is 0 Å². The summed E-state index contributed by atoms with van der Waals surface area (Å²) < 4.78 is 5.74. The van der Waals surface area contributed by atoms with Gasteiger partial charge in [0.15, 0.2) is 0 Å². The van der Waals surface area contributed by atoms with Gasteiger partial charge in [0.2, 0.25) is 5.91 Å². The molecule has 0 spiro atoms. The highest BCUT2D eigenvalue weighted by atomic mass is 35.5. The maximum atomic E-state index is 12.1. The van der Waals surface area contributed by atoms with E-state index in [4.69, 9.17) is 16.3 Å². The highest BCUT2D eigenvalue weighted by Gasteiger charge is 2.25. The average Bonchev–Trinajstić information content (AvgIpc) is 2.56. The number of piperazine rings is 1. The van der Waals surface area contributed by atoms with Crippen molar-refractivity contribution in [2.45, 2.75) is 32.9 Å². The van der Waals surface area contributed by atoms with Crippen LogP contribution in [0, 0.1) is 0 Å². The van der Waals surface area contributed by atoms with Crippen LogP contribution in [-0.2, 0) is 4.79 Å². The summed E-state index contributed by atoms with van der Waals surface area (Å²) in [4.78, 5) is 16.7. The molecule has 1 heterocycles. The van der Waals surface area contributed by atoms with Crippen LogP contribution in [0.2, 0.25) is 5.02 Å². The number of rotatable bonds is 7. The Balaban J connectivity index is 1.67. The van der Waals surface area contributed by atoms with Gasteiger partial charge in [-0.15, -0.1) is 0 Å². The SMILES string of the molecule is CC(C)NC(=O)[C@H](C)N1CCN(CCOc2ccc(Cl)cc2)CC1. The third-order valence-corrected chi connectivity index (χ3v) is 4.51. The van der Waals surface area contributed by atoms with Gasteiger partial charge in [0.1, 0.15) is 12.4 Å². The van der Waals surface area contributed by atoms with Crippen LogP contribution in [0.25, 0.3) is 0 Å². The Morgan fingerprint density at radius 2 is 1.79 bits per heavy atom. The molecule has 0 bridgehead atoms. The lowest BCUT2D eigenvalue weighted by Gasteiger charge is -2.37. The molecule has 1 aromatic rings. The van der Waals surface area contributed by atoms with Crippen molar-refractivity contribution in [3.63, 3.8) is 0 Å². The van der Waals surface area contributed by atoms with E-state index >= 15 is 0 Å². The van der Waals surface area contributed by atoms with E-state index in [2.05, 4.69) is 15.1 Å². The van der Waals surface area contributed by atoms with Crippen LogP contribution in [0.5, 0.6) is 5.75 Å². The Hall–Kier alpha value is -1.30. The third-order valence-electron chi connectivity index (χ3n) is 4.25. The van der Waals surface area contributed by atoms with E-state index in [9.17, 15) is 4.79 Å². The first-order valence-corrected chi connectivity index (χ1v) is 8.98. The Kier molecular flexibility index (Phi) is 7.34. The summed E-state index contributed by atoms with van der Waals surface area (Å²) in [6.07, 6.45) is 0. The Labute approximate surface area is 149 Å². The molecule has 5 nitrogen and oxygen atoms in total. The number of nitrogens with zero attached hydrogens (tertiary/aromatic N) is 2. The van der Waals surface area contributed by atoms with Crippen LogP contribution >= 0.6 is 11.6 Å². The van der Waals surface area contributed by atoms with Crippen LogP contribution < -0.4 is 10.1 Å². The molecule has 1 atom stereocenters. The zero-order chi connectivity index (χ0) is 17.5. The minimum atomic E-state index is -0.0696. The van der Waals surface area contributed by atoms with E-state index in [0.717, 1.165) is 38.5 Å². The molecule has 0 aliphatic carbocycles. The number of nitrogens with one attached hydrogen (secondary N) is 1. The Morgan fingerprint density at radius 3 is 2.38 bits per heavy atom. The summed E-state index contributed by atoms with van der Waals surface area (Å²) in [7, 11) is 0. The molecule has 0 radical (unpaired) electrons. The van der Waals surface area contributed by atoms with Crippen LogP contribution in [0.1, 0.15) is 20.8 Å². The molecule has 134 valence electrons. The molecule has 1 aliphatic rings. The molecule has 1 aromatic carbocycles. The van der Waals surface area contributed by atoms with Crippen molar-refractivity contribution < 1.29 is 9.53 Å². The third kappa shape index (κ3) is 5.96. The fourth-order valence-corrected chi connectivity index (χ4v) is 2.89. The molecule has 1 N–H and O–H groups in total. The van der Waals surface area contributed by atoms with E-state index < -0.39 is 0 Å². The molecule has 2 rings (SSSR count). The zero-order valence-corrected chi connectivity index (χ0v) is 15.6. The Morgan fingerprint density at radius 1 is 1.17 bits per heavy atom. The maximum Gasteiger partial charge on any atom is 0.237 e. The van der Waals surface area contributed by atoms with Crippen molar-refractivity contribution in [3.8, 4) is 5.75 Å². The van der Waals surface area contributed by atoms with E-state index in [0.29, 0.717) is 11.6 Å². The summed E-state index contributed by atoms with van der Waals surface area (Å²) in [5.74, 6) is 0.960. The smallest absolute Gasteiger partial charge is 0.237 e. The molecule has 24 heavy (non-hydrogen) atoms. The number of hydrogen-bond acceptors (Lipinski definition) is 4. The standard InChI is InChI=1S/C18H28ClN3O2/c1-14(2)20-18(23)15(3)22-10-8-21(9-11-22)12-13-24-17-6-4-16(19)5-7-17/h4-7,14-15H,8-13H2,1-3H3,(H,20,23)/t15-/m0/s1. The summed E-state index contributed by atoms with van der Waals surface area (Å²) in [6.45, 7) is 11.3. The topological polar surface area (TPSA) is 44.8 Å². The summed E-state index contributed by atoms with van der Waals surface area (Å²) in [5, 5.41) is 3.70. The quantitative estimate of drug-likeness (QED) is 0.816. The Bertz CT molecular complexity index is 514. The number of carbonyl (C=O) groups excluding carboxylic acids is 1. The summed E-state index contributed by atoms with van der Waals surface area (Å²) in [5.41, 5.74) is 0. The number of hydrogen-bond donors (Lipinski definition) is 1. The second kappa shape index (κ2) is 9.25. The van der Waals surface area contributed by atoms with Crippen LogP contribution in [0.15, 0.2) is 24.3 Å². The zero-order valence-electron chi connectivity index (χ0n) is 14.8. The van der Waals surface area contributed by atoms with Crippen molar-refractivity contribution in [2.24, 2.45) is 0 Å². The monoisotopic (exact) mass is 353 g/mol. The lowest BCUT2D eigenvalue weighted by atomic mass is 10.2. The van der Waals surface area contributed by atoms with E-state index in [1.165, 1.54) is 0 Å². The van der Waals surface area contributed by atoms with Gasteiger partial charge >= 0.3 is 0 Å². The van der Waals surface area contributed by atoms with E-state index in [1.54, 1.807) is 0 Å². The second-order valence-electron chi connectivity index (χ2n) is 6.52. The number of amides is 1. The minimum absolute atomic E-state index is 0.0696. The molecule has 0 unspecified atom stereocenters. The molecule has 0 saturated carbocycles. The number of halogens is 1. The second-order valence-corrected chi connectivity index (χ2v) is 6.96. The largest absolute Gasteiger partial charge is 0.492 e. The summed E-state index contributed by atoms with van der Waals surface area (Å²) in [6, 6.07) is 7.55. The van der Waals surface area contributed by atoms with Gasteiger partial charge in [-0.05, 0) is 45.0 Å². The molecule has 6 heteroatoms. The minimum Gasteiger partial charge on any atom is -0.492 e. The molecule has 1 fully saturated rings. The van der Waals surface area contributed by atoms with Crippen LogP contribution in [-0.4, -0.2) is 67.1 Å². The van der Waals surface area contributed by atoms with E-state index in [-0.39, 0.29) is 18.0 Å². The number of benzene rings is 1. The summed E-state index contributed by atoms with van der Waals surface area (Å²) >= 11 is 5.86. The first-order valence-electron chi connectivity index (χ1n) is 8.61. The van der Waals surface area contributed by atoms with E-state index in [1.807, 2.05) is 45.0 Å². The van der Waals surface area contributed by atoms with Gasteiger partial charge in [-0.25, -0.2) is 0 Å². The first kappa shape index (κ1) is 19.0. The van der Waals surface area contributed by atoms with Crippen molar-refractivity contribution in [2.75, 3.05) is 39.3 Å². The number of carbonyl (C=O) groups is 1. The van der Waals surface area contributed by atoms with Gasteiger partial charge in [-0.1, -0.05) is 11.6 Å². The predicted octanol–water partition coefficient (Wildman–Crippen LogP) is 2.25. The lowest BCUT2D eigenvalue weighted by Crippen LogP contribution is -2.54. The van der Waals surface area contributed by atoms with Gasteiger partial charge in [-0.3, -0.25) is 14.6 Å². The van der Waals surface area contributed by atoms with Crippen LogP contribution in [0.4, 0.5) is 0 Å². The van der Waals surface area contributed by atoms with Crippen molar-refractivity contribution in [1.82, 2.24) is 15.1 Å². The van der Waals surface area contributed by atoms with Gasteiger partial charge < -0.3 is 10.1 Å². The van der Waals surface area contributed by atoms with Gasteiger partial charge in [-0.2, -0.15) is 0 Å². The van der Waals surface area contributed by atoms with Gasteiger partial charge in [0, 0.05) is 43.8 Å². The molecule has 1 saturated heterocycles. The van der Waals surface area contributed by atoms with Crippen molar-refractivity contribution >= 4 is 17.5 Å². The normalized spacial score (nSPS) is 17.7. The maximum absolute atomic E-state index is 12.1. The molecular weight excluding hydrogens is 326 g/mol. The van der Waals surface area contributed by atoms with Crippen molar-refractivity contribution in [1.29, 1.82) is 0 Å². The van der Waals surface area contributed by atoms with Crippen LogP contribution in [0.3, 0.4) is 0 Å². The number of ether oxygens (including phenoxy) is 1. The van der Waals surface area contributed by atoms with Gasteiger partial charge in [0.05, 0.1) is 6.04 Å². The lowest BCUT2D eigenvalue weighted by molar-refractivity contribution is -0.127. The highest BCUT2D eigenvalue weighted by molar-refractivity contribution is 6.30. The fourth-order valence-electron chi connectivity index (χ4n) is 2.77. The van der Waals surface area contributed by atoms with Crippen molar-refractivity contribution in [3.05, 3.63) is 29.3 Å². The molecule has 0 aromatic heterocycles. The molecule has 1 aliphatic heterocycles. The molecule has 1 amide bonds. The fraction of sp³-hybridized carbons (Fsp3) is 0.611. The predicted molar refractivity (Wildman–Crippen MR) is 97.7 cm³/mol.